The highest BCUT2D eigenvalue weighted by molar-refractivity contribution is 7.89. The summed E-state index contributed by atoms with van der Waals surface area (Å²) >= 11 is 7.76. The van der Waals surface area contributed by atoms with Crippen molar-refractivity contribution in [2.24, 2.45) is 0 Å². The number of sulfonamides is 1. The van der Waals surface area contributed by atoms with Gasteiger partial charge in [-0.1, -0.05) is 25.4 Å². The van der Waals surface area contributed by atoms with Gasteiger partial charge in [0.1, 0.15) is 10.8 Å². The van der Waals surface area contributed by atoms with E-state index in [1.807, 2.05) is 38.7 Å². The van der Waals surface area contributed by atoms with Crippen molar-refractivity contribution in [3.63, 3.8) is 0 Å². The molecular weight excluding hydrogens is 579 g/mol. The summed E-state index contributed by atoms with van der Waals surface area (Å²) in [6.07, 6.45) is 2.89. The van der Waals surface area contributed by atoms with Gasteiger partial charge < -0.3 is 24.8 Å². The fraction of sp³-hybridized carbons (Fsp3) is 0.440. The lowest BCUT2D eigenvalue weighted by Gasteiger charge is -2.32. The first-order valence-electron chi connectivity index (χ1n) is 12.7. The number of benzene rings is 1. The zero-order chi connectivity index (χ0) is 28.2. The van der Waals surface area contributed by atoms with Crippen LogP contribution in [0.25, 0.3) is 0 Å². The smallest absolute Gasteiger partial charge is 0.244 e. The van der Waals surface area contributed by atoms with Crippen molar-refractivity contribution in [3.05, 3.63) is 45.7 Å². The van der Waals surface area contributed by atoms with E-state index in [0.29, 0.717) is 58.5 Å². The Kier molecular flexibility index (Phi) is 9.44. The molecule has 0 unspecified atom stereocenters. The molecule has 3 heterocycles. The molecule has 0 spiro atoms. The standard InChI is InChI=1S/C25H34ClN6O4PS2/c1-5-32(6-2)39(34,35)23-9-14-38-22(23)17-28-25-27-16-19(26)24(30-25)29-20-8-7-18(15-21(20)36-3)31-10-12-37(4,33)13-11-31/h7-9,14-16H,5-6,10-13,17H2,1-4H3,(H2,27,28,29,30). The van der Waals surface area contributed by atoms with Gasteiger partial charge in [-0.05, 0) is 30.2 Å². The van der Waals surface area contributed by atoms with Gasteiger partial charge in [0.05, 0.1) is 37.6 Å². The van der Waals surface area contributed by atoms with Crippen LogP contribution >= 0.6 is 30.1 Å². The molecule has 2 N–H and O–H groups in total. The fourth-order valence-corrected chi connectivity index (χ4v) is 8.85. The summed E-state index contributed by atoms with van der Waals surface area (Å²) in [6.45, 7) is 8.06. The molecule has 212 valence electrons. The molecule has 1 fully saturated rings. The Morgan fingerprint density at radius 1 is 1.21 bits per heavy atom. The Balaban J connectivity index is 1.49. The number of aromatic nitrogens is 2. The molecule has 1 saturated heterocycles. The van der Waals surface area contributed by atoms with E-state index in [1.54, 1.807) is 18.6 Å². The number of methoxy groups -OCH3 is 1. The largest absolute Gasteiger partial charge is 0.494 e. The first kappa shape index (κ1) is 29.6. The van der Waals surface area contributed by atoms with Crippen LogP contribution in [0.4, 0.5) is 23.1 Å². The Labute approximate surface area is 239 Å². The number of ether oxygens (including phenoxy) is 1. The van der Waals surface area contributed by atoms with Gasteiger partial charge in [-0.2, -0.15) is 9.29 Å². The number of nitrogens with zero attached hydrogens (tertiary/aromatic N) is 4. The summed E-state index contributed by atoms with van der Waals surface area (Å²) in [5, 5.41) is 8.43. The highest BCUT2D eigenvalue weighted by atomic mass is 35.5. The van der Waals surface area contributed by atoms with Gasteiger partial charge in [0.15, 0.2) is 5.82 Å². The van der Waals surface area contributed by atoms with Crippen LogP contribution in [0.2, 0.25) is 5.02 Å². The van der Waals surface area contributed by atoms with Crippen molar-refractivity contribution in [1.29, 1.82) is 0 Å². The molecule has 0 radical (unpaired) electrons. The Bertz CT molecular complexity index is 1450. The second-order valence-electron chi connectivity index (χ2n) is 9.28. The van der Waals surface area contributed by atoms with Crippen LogP contribution < -0.4 is 20.3 Å². The summed E-state index contributed by atoms with van der Waals surface area (Å²) in [6, 6.07) is 7.46. The molecule has 10 nitrogen and oxygen atoms in total. The molecule has 1 aliphatic heterocycles. The maximum absolute atomic E-state index is 13.0. The third kappa shape index (κ3) is 6.86. The summed E-state index contributed by atoms with van der Waals surface area (Å²) in [4.78, 5) is 11.9. The SMILES string of the molecule is CCN(CC)S(=O)(=O)c1ccsc1CNc1ncc(Cl)c(Nc2ccc(N3CCP(C)(=O)CC3)cc2OC)n1. The van der Waals surface area contributed by atoms with Crippen LogP contribution in [-0.2, 0) is 21.1 Å². The molecule has 0 aliphatic carbocycles. The van der Waals surface area contributed by atoms with Gasteiger partial charge in [0.2, 0.25) is 16.0 Å². The molecule has 0 atom stereocenters. The van der Waals surface area contributed by atoms with E-state index in [0.717, 1.165) is 18.8 Å². The van der Waals surface area contributed by atoms with E-state index < -0.39 is 17.2 Å². The van der Waals surface area contributed by atoms with E-state index >= 15 is 0 Å². The number of rotatable bonds is 11. The van der Waals surface area contributed by atoms with Crippen LogP contribution in [0.1, 0.15) is 18.7 Å². The zero-order valence-corrected chi connectivity index (χ0v) is 25.8. The quantitative estimate of drug-likeness (QED) is 0.275. The monoisotopic (exact) mass is 612 g/mol. The highest BCUT2D eigenvalue weighted by Crippen LogP contribution is 2.44. The Morgan fingerprint density at radius 2 is 1.92 bits per heavy atom. The average molecular weight is 613 g/mol. The minimum absolute atomic E-state index is 0.243. The number of anilines is 4. The van der Waals surface area contributed by atoms with Gasteiger partial charge in [-0.25, -0.2) is 13.4 Å². The summed E-state index contributed by atoms with van der Waals surface area (Å²) < 4.78 is 45.5. The summed E-state index contributed by atoms with van der Waals surface area (Å²) in [5.74, 6) is 1.30. The Morgan fingerprint density at radius 3 is 2.59 bits per heavy atom. The minimum atomic E-state index is -3.58. The minimum Gasteiger partial charge on any atom is -0.494 e. The maximum Gasteiger partial charge on any atom is 0.244 e. The summed E-state index contributed by atoms with van der Waals surface area (Å²) in [7, 11) is -4.00. The van der Waals surface area contributed by atoms with Crippen molar-refractivity contribution in [1.82, 2.24) is 14.3 Å². The van der Waals surface area contributed by atoms with Gasteiger partial charge in [0, 0.05) is 55.1 Å². The van der Waals surface area contributed by atoms with Crippen molar-refractivity contribution < 1.29 is 17.7 Å². The molecule has 4 rings (SSSR count). The second kappa shape index (κ2) is 12.4. The van der Waals surface area contributed by atoms with Crippen molar-refractivity contribution >= 4 is 63.2 Å². The highest BCUT2D eigenvalue weighted by Gasteiger charge is 2.26. The average Bonchev–Trinajstić information content (AvgIpc) is 3.40. The van der Waals surface area contributed by atoms with Gasteiger partial charge >= 0.3 is 0 Å². The second-order valence-corrected chi connectivity index (χ2v) is 16.1. The predicted molar refractivity (Wildman–Crippen MR) is 161 cm³/mol. The third-order valence-electron chi connectivity index (χ3n) is 6.67. The van der Waals surface area contributed by atoms with Crippen LogP contribution in [0.5, 0.6) is 5.75 Å². The van der Waals surface area contributed by atoms with E-state index in [4.69, 9.17) is 16.3 Å². The molecule has 1 aromatic carbocycles. The first-order valence-corrected chi connectivity index (χ1v) is 17.9. The van der Waals surface area contributed by atoms with Gasteiger partial charge in [-0.15, -0.1) is 11.3 Å². The molecule has 3 aromatic rings. The lowest BCUT2D eigenvalue weighted by atomic mass is 10.2. The van der Waals surface area contributed by atoms with Gasteiger partial charge in [0.25, 0.3) is 0 Å². The molecule has 14 heteroatoms. The number of halogens is 1. The topological polar surface area (TPSA) is 117 Å². The fourth-order valence-electron chi connectivity index (χ4n) is 4.34. The van der Waals surface area contributed by atoms with Crippen LogP contribution in [0.15, 0.2) is 40.7 Å². The first-order chi connectivity index (χ1) is 18.6. The molecule has 2 aromatic heterocycles. The Hall–Kier alpha value is -2.37. The van der Waals surface area contributed by atoms with Crippen molar-refractivity contribution in [3.8, 4) is 5.75 Å². The lowest BCUT2D eigenvalue weighted by Crippen LogP contribution is -2.34. The van der Waals surface area contributed by atoms with Gasteiger partial charge in [-0.3, -0.25) is 0 Å². The molecule has 0 amide bonds. The molecule has 1 aliphatic rings. The maximum atomic E-state index is 13.0. The van der Waals surface area contributed by atoms with Crippen LogP contribution in [0, 0.1) is 0 Å². The van der Waals surface area contributed by atoms with Crippen LogP contribution in [0.3, 0.4) is 0 Å². The number of thiophene rings is 1. The number of hydrogen-bond acceptors (Lipinski definition) is 10. The number of hydrogen-bond donors (Lipinski definition) is 2. The van der Waals surface area contributed by atoms with E-state index in [2.05, 4.69) is 25.5 Å². The number of nitrogens with one attached hydrogen (secondary N) is 2. The van der Waals surface area contributed by atoms with Crippen molar-refractivity contribution in [2.75, 3.05) is 67.8 Å². The molecule has 0 bridgehead atoms. The van der Waals surface area contributed by atoms with Crippen LogP contribution in [-0.4, -0.2) is 75.0 Å². The molecular formula is C25H34ClN6O4PS2. The molecule has 0 saturated carbocycles. The third-order valence-corrected chi connectivity index (χ3v) is 12.4. The predicted octanol–water partition coefficient (Wildman–Crippen LogP) is 5.40. The van der Waals surface area contributed by atoms with Crippen molar-refractivity contribution in [2.45, 2.75) is 25.3 Å². The lowest BCUT2D eigenvalue weighted by molar-refractivity contribution is 0.417. The molecule has 39 heavy (non-hydrogen) atoms. The summed E-state index contributed by atoms with van der Waals surface area (Å²) in [5.41, 5.74) is 1.68. The van der Waals surface area contributed by atoms with E-state index in [-0.39, 0.29) is 11.4 Å². The van der Waals surface area contributed by atoms with E-state index in [9.17, 15) is 13.0 Å². The zero-order valence-electron chi connectivity index (χ0n) is 22.5. The van der Waals surface area contributed by atoms with E-state index in [1.165, 1.54) is 21.8 Å². The normalized spacial score (nSPS) is 15.4.